The molecule has 0 saturated heterocycles. The van der Waals surface area contributed by atoms with Crippen molar-refractivity contribution in [2.75, 3.05) is 7.11 Å². The third-order valence-electron chi connectivity index (χ3n) is 7.01. The molecule has 0 aliphatic rings. The van der Waals surface area contributed by atoms with Gasteiger partial charge >= 0.3 is 12.4 Å². The van der Waals surface area contributed by atoms with E-state index in [-0.39, 0.29) is 17.7 Å². The SMILES string of the molecule is COc1ccc(C(C)C)c(-n2c(C)csc2=NC(=O)NC(C)c2ccc(-c3ncn(-c4ccc(OC(F)(F)F)cc4)n3)cc2)c1. The molecular formula is C32H31F3N6O3S. The van der Waals surface area contributed by atoms with Gasteiger partial charge < -0.3 is 14.8 Å². The summed E-state index contributed by atoms with van der Waals surface area (Å²) in [6.07, 6.45) is -3.29. The van der Waals surface area contributed by atoms with E-state index in [2.05, 4.69) is 39.0 Å². The van der Waals surface area contributed by atoms with Crippen molar-refractivity contribution in [1.29, 1.82) is 0 Å². The van der Waals surface area contributed by atoms with Crippen LogP contribution in [0, 0.1) is 6.92 Å². The number of rotatable bonds is 8. The molecule has 0 spiro atoms. The highest BCUT2D eigenvalue weighted by molar-refractivity contribution is 7.07. The van der Waals surface area contributed by atoms with Crippen molar-refractivity contribution in [1.82, 2.24) is 24.6 Å². The van der Waals surface area contributed by atoms with E-state index in [9.17, 15) is 18.0 Å². The van der Waals surface area contributed by atoms with E-state index in [1.54, 1.807) is 7.11 Å². The van der Waals surface area contributed by atoms with Gasteiger partial charge in [0.25, 0.3) is 0 Å². The maximum absolute atomic E-state index is 13.1. The first kappa shape index (κ1) is 31.5. The number of carbonyl (C=O) groups excluding carboxylic acids is 1. The van der Waals surface area contributed by atoms with Gasteiger partial charge in [0.05, 0.1) is 24.5 Å². The van der Waals surface area contributed by atoms with Gasteiger partial charge in [0.15, 0.2) is 10.6 Å². The van der Waals surface area contributed by atoms with Crippen LogP contribution in [0.4, 0.5) is 18.0 Å². The number of amides is 2. The normalized spacial score (nSPS) is 12.8. The molecule has 5 rings (SSSR count). The Morgan fingerprint density at radius 1 is 1.00 bits per heavy atom. The summed E-state index contributed by atoms with van der Waals surface area (Å²) in [5.74, 6) is 1.08. The highest BCUT2D eigenvalue weighted by Gasteiger charge is 2.31. The predicted molar refractivity (Wildman–Crippen MR) is 165 cm³/mol. The zero-order chi connectivity index (χ0) is 32.3. The lowest BCUT2D eigenvalue weighted by atomic mass is 10.0. The molecule has 1 atom stereocenters. The maximum atomic E-state index is 13.1. The lowest BCUT2D eigenvalue weighted by Gasteiger charge is -2.17. The minimum atomic E-state index is -4.76. The minimum Gasteiger partial charge on any atom is -0.497 e. The summed E-state index contributed by atoms with van der Waals surface area (Å²) >= 11 is 1.39. The number of alkyl halides is 3. The van der Waals surface area contributed by atoms with E-state index in [0.29, 0.717) is 16.3 Å². The summed E-state index contributed by atoms with van der Waals surface area (Å²) in [4.78, 5) is 22.3. The van der Waals surface area contributed by atoms with E-state index in [4.69, 9.17) is 4.74 Å². The molecule has 5 aromatic rings. The Hall–Kier alpha value is -4.91. The third kappa shape index (κ3) is 7.43. The number of benzene rings is 3. The summed E-state index contributed by atoms with van der Waals surface area (Å²) in [5.41, 5.74) is 5.09. The van der Waals surface area contributed by atoms with Crippen LogP contribution in [0.5, 0.6) is 11.5 Å². The van der Waals surface area contributed by atoms with Crippen LogP contribution in [0.1, 0.15) is 49.6 Å². The molecule has 2 heterocycles. The smallest absolute Gasteiger partial charge is 0.497 e. The second-order valence-electron chi connectivity index (χ2n) is 10.5. The van der Waals surface area contributed by atoms with Crippen LogP contribution in [0.15, 0.2) is 83.4 Å². The number of thiazole rings is 1. The number of methoxy groups -OCH3 is 1. The standard InChI is InChI=1S/C32H31F3N6O3S/c1-19(2)27-15-14-26(43-5)16-28(27)41-20(3)17-45-31(41)38-30(42)37-21(4)22-6-8-23(9-7-22)29-36-18-40(39-29)24-10-12-25(13-11-24)44-32(33,34)35/h6-19,21H,1-5H3,(H,37,42). The van der Waals surface area contributed by atoms with E-state index >= 15 is 0 Å². The van der Waals surface area contributed by atoms with E-state index in [0.717, 1.165) is 33.8 Å². The quantitative estimate of drug-likeness (QED) is 0.190. The summed E-state index contributed by atoms with van der Waals surface area (Å²) in [6.45, 7) is 8.08. The largest absolute Gasteiger partial charge is 0.573 e. The van der Waals surface area contributed by atoms with Crippen LogP contribution in [-0.2, 0) is 0 Å². The first-order chi connectivity index (χ1) is 21.4. The van der Waals surface area contributed by atoms with Crippen molar-refractivity contribution in [2.24, 2.45) is 4.99 Å². The number of carbonyl (C=O) groups is 1. The lowest BCUT2D eigenvalue weighted by Crippen LogP contribution is -2.27. The first-order valence-electron chi connectivity index (χ1n) is 14.0. The van der Waals surface area contributed by atoms with Gasteiger partial charge in [0.1, 0.15) is 17.8 Å². The third-order valence-corrected chi connectivity index (χ3v) is 7.96. The summed E-state index contributed by atoms with van der Waals surface area (Å²) < 4.78 is 50.1. The Balaban J connectivity index is 1.29. The Bertz CT molecular complexity index is 1860. The number of hydrogen-bond acceptors (Lipinski definition) is 6. The fourth-order valence-corrected chi connectivity index (χ4v) is 5.59. The lowest BCUT2D eigenvalue weighted by molar-refractivity contribution is -0.274. The van der Waals surface area contributed by atoms with Crippen LogP contribution >= 0.6 is 11.3 Å². The van der Waals surface area contributed by atoms with Gasteiger partial charge in [-0.3, -0.25) is 4.57 Å². The maximum Gasteiger partial charge on any atom is 0.573 e. The number of urea groups is 1. The Kier molecular flexibility index (Phi) is 9.09. The number of hydrogen-bond donors (Lipinski definition) is 1. The molecule has 3 aromatic carbocycles. The van der Waals surface area contributed by atoms with Gasteiger partial charge in [0.2, 0.25) is 0 Å². The minimum absolute atomic E-state index is 0.250. The topological polar surface area (TPSA) is 95.6 Å². The molecule has 13 heteroatoms. The molecule has 0 saturated carbocycles. The average Bonchev–Trinajstić information content (AvgIpc) is 3.63. The number of nitrogens with zero attached hydrogens (tertiary/aromatic N) is 5. The molecule has 2 amide bonds. The molecule has 0 radical (unpaired) electrons. The molecule has 234 valence electrons. The van der Waals surface area contributed by atoms with Gasteiger partial charge in [-0.2, -0.15) is 4.99 Å². The van der Waals surface area contributed by atoms with Crippen molar-refractivity contribution in [2.45, 2.75) is 46.0 Å². The molecule has 9 nitrogen and oxygen atoms in total. The zero-order valence-corrected chi connectivity index (χ0v) is 26.0. The van der Waals surface area contributed by atoms with Gasteiger partial charge in [-0.15, -0.1) is 29.6 Å². The van der Waals surface area contributed by atoms with Crippen LogP contribution in [0.2, 0.25) is 0 Å². The summed E-state index contributed by atoms with van der Waals surface area (Å²) in [7, 11) is 1.62. The van der Waals surface area contributed by atoms with Gasteiger partial charge in [-0.1, -0.05) is 44.2 Å². The Labute approximate surface area is 261 Å². The second-order valence-corrected chi connectivity index (χ2v) is 11.4. The van der Waals surface area contributed by atoms with Gasteiger partial charge in [0, 0.05) is 22.7 Å². The van der Waals surface area contributed by atoms with Gasteiger partial charge in [-0.25, -0.2) is 14.5 Å². The fraction of sp³-hybridized carbons (Fsp3) is 0.250. The zero-order valence-electron chi connectivity index (χ0n) is 25.2. The molecular weight excluding hydrogens is 605 g/mol. The second kappa shape index (κ2) is 13.0. The monoisotopic (exact) mass is 636 g/mol. The predicted octanol–water partition coefficient (Wildman–Crippen LogP) is 7.50. The highest BCUT2D eigenvalue weighted by atomic mass is 32.1. The van der Waals surface area contributed by atoms with Crippen molar-refractivity contribution < 1.29 is 27.4 Å². The van der Waals surface area contributed by atoms with Crippen molar-refractivity contribution in [3.8, 4) is 34.3 Å². The molecule has 0 bridgehead atoms. The molecule has 0 aliphatic carbocycles. The van der Waals surface area contributed by atoms with E-state index in [1.165, 1.54) is 46.6 Å². The highest BCUT2D eigenvalue weighted by Crippen LogP contribution is 2.28. The first-order valence-corrected chi connectivity index (χ1v) is 14.9. The van der Waals surface area contributed by atoms with Crippen molar-refractivity contribution in [3.63, 3.8) is 0 Å². The number of halogens is 3. The van der Waals surface area contributed by atoms with Crippen LogP contribution in [0.25, 0.3) is 22.8 Å². The number of ether oxygens (including phenoxy) is 2. The number of nitrogens with one attached hydrogen (secondary N) is 1. The average molecular weight is 637 g/mol. The Morgan fingerprint density at radius 3 is 2.33 bits per heavy atom. The van der Waals surface area contributed by atoms with Crippen molar-refractivity contribution >= 4 is 17.4 Å². The molecule has 1 N–H and O–H groups in total. The molecule has 0 aliphatic heterocycles. The molecule has 45 heavy (non-hydrogen) atoms. The van der Waals surface area contributed by atoms with Crippen LogP contribution in [0.3, 0.4) is 0 Å². The molecule has 1 unspecified atom stereocenters. The molecule has 2 aromatic heterocycles. The van der Waals surface area contributed by atoms with E-state index in [1.807, 2.05) is 66.3 Å². The summed E-state index contributed by atoms with van der Waals surface area (Å²) in [6, 6.07) is 17.8. The fourth-order valence-electron chi connectivity index (χ4n) is 4.72. The number of aryl methyl sites for hydroxylation is 1. The van der Waals surface area contributed by atoms with Gasteiger partial charge in [-0.05, 0) is 61.2 Å². The van der Waals surface area contributed by atoms with Crippen LogP contribution < -0.4 is 19.6 Å². The van der Waals surface area contributed by atoms with E-state index < -0.39 is 12.4 Å². The summed E-state index contributed by atoms with van der Waals surface area (Å²) in [5, 5.41) is 9.34. The molecule has 0 fully saturated rings. The number of aromatic nitrogens is 4. The van der Waals surface area contributed by atoms with Crippen LogP contribution in [-0.4, -0.2) is 38.8 Å². The Morgan fingerprint density at radius 2 is 1.69 bits per heavy atom. The van der Waals surface area contributed by atoms with Crippen molar-refractivity contribution in [3.05, 3.63) is 100 Å².